The fourth-order valence-electron chi connectivity index (χ4n) is 2.45. The first-order valence-corrected chi connectivity index (χ1v) is 8.14. The SMILES string of the molecule is CCOC(=O)c1cccc(C#CCOc2ccc3ccccc3c2)c1. The Morgan fingerprint density at radius 1 is 0.960 bits per heavy atom. The third-order valence-electron chi connectivity index (χ3n) is 3.64. The van der Waals surface area contributed by atoms with E-state index in [0.29, 0.717) is 12.2 Å². The summed E-state index contributed by atoms with van der Waals surface area (Å²) in [5.41, 5.74) is 1.26. The van der Waals surface area contributed by atoms with Gasteiger partial charge in [-0.3, -0.25) is 0 Å². The van der Waals surface area contributed by atoms with E-state index < -0.39 is 0 Å². The van der Waals surface area contributed by atoms with Gasteiger partial charge < -0.3 is 9.47 Å². The molecule has 3 nitrogen and oxygen atoms in total. The smallest absolute Gasteiger partial charge is 0.338 e. The van der Waals surface area contributed by atoms with Gasteiger partial charge in [-0.1, -0.05) is 48.2 Å². The van der Waals surface area contributed by atoms with Gasteiger partial charge in [-0.05, 0) is 48.0 Å². The van der Waals surface area contributed by atoms with Crippen LogP contribution in [0.25, 0.3) is 10.8 Å². The molecular formula is C22H18O3. The highest BCUT2D eigenvalue weighted by Gasteiger charge is 2.05. The highest BCUT2D eigenvalue weighted by Crippen LogP contribution is 2.20. The van der Waals surface area contributed by atoms with Crippen LogP contribution in [-0.2, 0) is 4.74 Å². The van der Waals surface area contributed by atoms with Crippen LogP contribution < -0.4 is 4.74 Å². The van der Waals surface area contributed by atoms with Gasteiger partial charge in [0.05, 0.1) is 12.2 Å². The Morgan fingerprint density at radius 3 is 2.64 bits per heavy atom. The largest absolute Gasteiger partial charge is 0.481 e. The summed E-state index contributed by atoms with van der Waals surface area (Å²) in [6.07, 6.45) is 0. The second-order valence-corrected chi connectivity index (χ2v) is 5.40. The molecule has 0 aliphatic carbocycles. The van der Waals surface area contributed by atoms with Gasteiger partial charge in [0, 0.05) is 5.56 Å². The molecule has 3 aromatic rings. The van der Waals surface area contributed by atoms with Gasteiger partial charge in [0.2, 0.25) is 0 Å². The molecule has 0 N–H and O–H groups in total. The number of rotatable bonds is 4. The van der Waals surface area contributed by atoms with Crippen LogP contribution in [0.1, 0.15) is 22.8 Å². The minimum absolute atomic E-state index is 0.280. The van der Waals surface area contributed by atoms with Crippen molar-refractivity contribution in [2.24, 2.45) is 0 Å². The summed E-state index contributed by atoms with van der Waals surface area (Å²) >= 11 is 0. The van der Waals surface area contributed by atoms with E-state index in [1.807, 2.05) is 36.4 Å². The quantitative estimate of drug-likeness (QED) is 0.524. The van der Waals surface area contributed by atoms with Crippen LogP contribution in [0.2, 0.25) is 0 Å². The Hall–Kier alpha value is -3.25. The molecule has 0 saturated carbocycles. The molecule has 0 bridgehead atoms. The lowest BCUT2D eigenvalue weighted by Gasteiger charge is -2.04. The van der Waals surface area contributed by atoms with Crippen LogP contribution in [-0.4, -0.2) is 19.2 Å². The summed E-state index contributed by atoms with van der Waals surface area (Å²) in [7, 11) is 0. The lowest BCUT2D eigenvalue weighted by molar-refractivity contribution is 0.0526. The minimum Gasteiger partial charge on any atom is -0.481 e. The Morgan fingerprint density at radius 2 is 1.80 bits per heavy atom. The molecule has 0 amide bonds. The number of ether oxygens (including phenoxy) is 2. The van der Waals surface area contributed by atoms with Gasteiger partial charge in [-0.15, -0.1) is 0 Å². The summed E-state index contributed by atoms with van der Waals surface area (Å²) in [4.78, 5) is 11.7. The van der Waals surface area contributed by atoms with Crippen molar-refractivity contribution >= 4 is 16.7 Å². The first kappa shape index (κ1) is 16.6. The fraction of sp³-hybridized carbons (Fsp3) is 0.136. The van der Waals surface area contributed by atoms with Gasteiger partial charge in [-0.25, -0.2) is 4.79 Å². The monoisotopic (exact) mass is 330 g/mol. The highest BCUT2D eigenvalue weighted by molar-refractivity contribution is 5.89. The number of esters is 1. The molecule has 0 saturated heterocycles. The van der Waals surface area contributed by atoms with Crippen LogP contribution in [0, 0.1) is 11.8 Å². The standard InChI is InChI=1S/C22H18O3/c1-2-24-22(23)20-11-5-7-17(15-20)8-6-14-25-21-13-12-18-9-3-4-10-19(18)16-21/h3-5,7,9-13,15-16H,2,14H2,1H3. The van der Waals surface area contributed by atoms with Crippen LogP contribution in [0.5, 0.6) is 5.75 Å². The lowest BCUT2D eigenvalue weighted by Crippen LogP contribution is -2.04. The molecule has 0 fully saturated rings. The summed E-state index contributed by atoms with van der Waals surface area (Å²) < 4.78 is 10.7. The van der Waals surface area contributed by atoms with Crippen molar-refractivity contribution in [2.75, 3.05) is 13.2 Å². The van der Waals surface area contributed by atoms with Gasteiger partial charge in [0.1, 0.15) is 12.4 Å². The second-order valence-electron chi connectivity index (χ2n) is 5.40. The van der Waals surface area contributed by atoms with E-state index in [-0.39, 0.29) is 12.6 Å². The summed E-state index contributed by atoms with van der Waals surface area (Å²) in [5.74, 6) is 6.43. The molecule has 124 valence electrons. The molecule has 0 spiro atoms. The summed E-state index contributed by atoms with van der Waals surface area (Å²) in [5, 5.41) is 2.31. The Labute approximate surface area is 147 Å². The number of benzene rings is 3. The van der Waals surface area contributed by atoms with Gasteiger partial charge in [0.25, 0.3) is 0 Å². The molecule has 0 aliphatic rings. The predicted molar refractivity (Wildman–Crippen MR) is 98.7 cm³/mol. The molecule has 0 heterocycles. The first-order valence-electron chi connectivity index (χ1n) is 8.14. The number of carbonyl (C=O) groups excluding carboxylic acids is 1. The van der Waals surface area contributed by atoms with Crippen LogP contribution in [0.3, 0.4) is 0 Å². The van der Waals surface area contributed by atoms with Crippen molar-refractivity contribution in [2.45, 2.75) is 6.92 Å². The molecule has 3 rings (SSSR count). The summed E-state index contributed by atoms with van der Waals surface area (Å²) in [6, 6.07) is 21.2. The Kier molecular flexibility index (Phi) is 5.33. The maximum absolute atomic E-state index is 11.7. The van der Waals surface area contributed by atoms with Crippen LogP contribution in [0.15, 0.2) is 66.7 Å². The number of carbonyl (C=O) groups is 1. The van der Waals surface area contributed by atoms with E-state index in [0.717, 1.165) is 16.7 Å². The maximum atomic E-state index is 11.7. The van der Waals surface area contributed by atoms with Crippen LogP contribution >= 0.6 is 0 Å². The lowest BCUT2D eigenvalue weighted by atomic mass is 10.1. The van der Waals surface area contributed by atoms with Gasteiger partial charge in [-0.2, -0.15) is 0 Å². The van der Waals surface area contributed by atoms with E-state index in [4.69, 9.17) is 9.47 Å². The normalized spacial score (nSPS) is 9.96. The van der Waals surface area contributed by atoms with E-state index in [9.17, 15) is 4.79 Å². The predicted octanol–water partition coefficient (Wildman–Crippen LogP) is 4.45. The molecule has 3 aromatic carbocycles. The van der Waals surface area contributed by atoms with Crippen molar-refractivity contribution in [3.05, 3.63) is 77.9 Å². The van der Waals surface area contributed by atoms with Crippen molar-refractivity contribution in [1.29, 1.82) is 0 Å². The van der Waals surface area contributed by atoms with E-state index in [1.54, 1.807) is 25.1 Å². The molecule has 3 heteroatoms. The van der Waals surface area contributed by atoms with Crippen LogP contribution in [0.4, 0.5) is 0 Å². The number of hydrogen-bond acceptors (Lipinski definition) is 3. The number of hydrogen-bond donors (Lipinski definition) is 0. The molecular weight excluding hydrogens is 312 g/mol. The zero-order chi connectivity index (χ0) is 17.5. The fourth-order valence-corrected chi connectivity index (χ4v) is 2.45. The van der Waals surface area contributed by atoms with Crippen molar-refractivity contribution in [3.8, 4) is 17.6 Å². The molecule has 25 heavy (non-hydrogen) atoms. The van der Waals surface area contributed by atoms with E-state index in [2.05, 4.69) is 24.0 Å². The van der Waals surface area contributed by atoms with Crippen molar-refractivity contribution < 1.29 is 14.3 Å². The number of fused-ring (bicyclic) bond motifs is 1. The zero-order valence-corrected chi connectivity index (χ0v) is 14.0. The second kappa shape index (κ2) is 8.03. The summed E-state index contributed by atoms with van der Waals surface area (Å²) in [6.45, 7) is 2.42. The highest BCUT2D eigenvalue weighted by atomic mass is 16.5. The van der Waals surface area contributed by atoms with Gasteiger partial charge in [0.15, 0.2) is 0 Å². The molecule has 0 aliphatic heterocycles. The third kappa shape index (κ3) is 4.39. The van der Waals surface area contributed by atoms with E-state index >= 15 is 0 Å². The maximum Gasteiger partial charge on any atom is 0.338 e. The zero-order valence-electron chi connectivity index (χ0n) is 14.0. The molecule has 0 atom stereocenters. The topological polar surface area (TPSA) is 35.5 Å². The first-order chi connectivity index (χ1) is 12.3. The molecule has 0 aromatic heterocycles. The molecule has 0 unspecified atom stereocenters. The average Bonchev–Trinajstić information content (AvgIpc) is 2.65. The minimum atomic E-state index is -0.335. The Balaban J connectivity index is 1.64. The molecule has 0 radical (unpaired) electrons. The average molecular weight is 330 g/mol. The van der Waals surface area contributed by atoms with Gasteiger partial charge >= 0.3 is 5.97 Å². The third-order valence-corrected chi connectivity index (χ3v) is 3.64. The van der Waals surface area contributed by atoms with Crippen molar-refractivity contribution in [1.82, 2.24) is 0 Å². The van der Waals surface area contributed by atoms with E-state index in [1.165, 1.54) is 5.39 Å². The Bertz CT molecular complexity index is 948. The van der Waals surface area contributed by atoms with Crippen molar-refractivity contribution in [3.63, 3.8) is 0 Å².